The molecule has 21 heavy (non-hydrogen) atoms. The third-order valence-corrected chi connectivity index (χ3v) is 4.93. The van der Waals surface area contributed by atoms with E-state index in [1.807, 2.05) is 24.1 Å². The first-order chi connectivity index (χ1) is 9.73. The summed E-state index contributed by atoms with van der Waals surface area (Å²) >= 11 is 3.43. The van der Waals surface area contributed by atoms with Crippen LogP contribution in [-0.4, -0.2) is 17.9 Å². The van der Waals surface area contributed by atoms with Crippen LogP contribution in [0.4, 0.5) is 0 Å². The molecule has 0 N–H and O–H groups in total. The molecular weight excluding hydrogens is 326 g/mol. The average molecular weight is 350 g/mol. The molecule has 0 spiro atoms. The predicted octanol–water partition coefficient (Wildman–Crippen LogP) is 4.65. The Balaban J connectivity index is 2.03. The minimum Gasteiger partial charge on any atom is -0.341 e. The van der Waals surface area contributed by atoms with E-state index in [1.54, 1.807) is 0 Å². The summed E-state index contributed by atoms with van der Waals surface area (Å²) in [7, 11) is 1.90. The van der Waals surface area contributed by atoms with Crippen LogP contribution in [0.2, 0.25) is 0 Å². The molecule has 1 fully saturated rings. The van der Waals surface area contributed by atoms with Crippen LogP contribution < -0.4 is 0 Å². The van der Waals surface area contributed by atoms with Crippen molar-refractivity contribution in [3.05, 3.63) is 46.0 Å². The quantitative estimate of drug-likeness (QED) is 0.724. The Labute approximate surface area is 136 Å². The van der Waals surface area contributed by atoms with Crippen molar-refractivity contribution in [2.75, 3.05) is 7.05 Å². The van der Waals surface area contributed by atoms with Gasteiger partial charge in [-0.15, -0.1) is 0 Å². The molecule has 2 nitrogen and oxygen atoms in total. The van der Waals surface area contributed by atoms with Crippen LogP contribution in [0.15, 0.2) is 40.4 Å². The van der Waals surface area contributed by atoms with E-state index in [4.69, 9.17) is 0 Å². The van der Waals surface area contributed by atoms with Crippen LogP contribution in [0.1, 0.15) is 33.3 Å². The minimum absolute atomic E-state index is 0.0856. The monoisotopic (exact) mass is 349 g/mol. The average Bonchev–Trinajstić information content (AvgIpc) is 2.91. The SMILES string of the molecule is CC(C)=CC1C(C(=O)N(C)Cc2ccc(Br)cc2)C1(C)C. The zero-order valence-electron chi connectivity index (χ0n) is 13.5. The highest BCUT2D eigenvalue weighted by Gasteiger charge is 2.60. The largest absolute Gasteiger partial charge is 0.341 e. The molecule has 2 rings (SSSR count). The highest BCUT2D eigenvalue weighted by molar-refractivity contribution is 9.10. The summed E-state index contributed by atoms with van der Waals surface area (Å²) < 4.78 is 1.06. The van der Waals surface area contributed by atoms with E-state index in [0.29, 0.717) is 12.5 Å². The highest BCUT2D eigenvalue weighted by Crippen LogP contribution is 2.60. The first kappa shape index (κ1) is 16.3. The standard InChI is InChI=1S/C18H24BrNO/c1-12(2)10-15-16(18(15,3)4)17(21)20(5)11-13-6-8-14(19)9-7-13/h6-10,15-16H,11H2,1-5H3. The Kier molecular flexibility index (Phi) is 4.62. The summed E-state index contributed by atoms with van der Waals surface area (Å²) in [6.07, 6.45) is 2.25. The molecule has 1 aromatic rings. The number of hydrogen-bond acceptors (Lipinski definition) is 1. The maximum absolute atomic E-state index is 12.7. The first-order valence-corrected chi connectivity index (χ1v) is 8.17. The summed E-state index contributed by atoms with van der Waals surface area (Å²) in [6, 6.07) is 8.14. The number of nitrogens with zero attached hydrogens (tertiary/aromatic N) is 1. The fourth-order valence-corrected chi connectivity index (χ4v) is 3.26. The molecule has 0 saturated heterocycles. The summed E-state index contributed by atoms with van der Waals surface area (Å²) in [4.78, 5) is 14.5. The van der Waals surface area contributed by atoms with Gasteiger partial charge in [-0.3, -0.25) is 4.79 Å². The van der Waals surface area contributed by atoms with Gasteiger partial charge in [0.2, 0.25) is 5.91 Å². The lowest BCUT2D eigenvalue weighted by atomic mass is 10.1. The maximum atomic E-state index is 12.7. The Morgan fingerprint density at radius 1 is 1.29 bits per heavy atom. The number of rotatable bonds is 4. The molecular formula is C18H24BrNO. The maximum Gasteiger partial charge on any atom is 0.226 e. The van der Waals surface area contributed by atoms with Crippen molar-refractivity contribution in [1.82, 2.24) is 4.90 Å². The van der Waals surface area contributed by atoms with Gasteiger partial charge < -0.3 is 4.90 Å². The molecule has 0 radical (unpaired) electrons. The Hall–Kier alpha value is -1.09. The molecule has 1 aliphatic carbocycles. The van der Waals surface area contributed by atoms with Gasteiger partial charge >= 0.3 is 0 Å². The van der Waals surface area contributed by atoms with E-state index in [1.165, 1.54) is 5.57 Å². The third kappa shape index (κ3) is 3.57. The van der Waals surface area contributed by atoms with Crippen molar-refractivity contribution < 1.29 is 4.79 Å². The van der Waals surface area contributed by atoms with Crippen molar-refractivity contribution in [3.63, 3.8) is 0 Å². The number of halogens is 1. The first-order valence-electron chi connectivity index (χ1n) is 7.38. The smallest absolute Gasteiger partial charge is 0.226 e. The van der Waals surface area contributed by atoms with Crippen molar-refractivity contribution in [1.29, 1.82) is 0 Å². The normalized spacial score (nSPS) is 22.6. The van der Waals surface area contributed by atoms with E-state index in [9.17, 15) is 4.79 Å². The topological polar surface area (TPSA) is 20.3 Å². The molecule has 1 saturated carbocycles. The van der Waals surface area contributed by atoms with Gasteiger partial charge in [0, 0.05) is 18.1 Å². The van der Waals surface area contributed by atoms with Crippen LogP contribution >= 0.6 is 15.9 Å². The molecule has 1 amide bonds. The molecule has 1 aliphatic rings. The van der Waals surface area contributed by atoms with Crippen molar-refractivity contribution in [2.45, 2.75) is 34.2 Å². The number of benzene rings is 1. The molecule has 0 aromatic heterocycles. The fraction of sp³-hybridized carbons (Fsp3) is 0.500. The third-order valence-electron chi connectivity index (χ3n) is 4.40. The summed E-state index contributed by atoms with van der Waals surface area (Å²) in [5.74, 6) is 0.751. The summed E-state index contributed by atoms with van der Waals surface area (Å²) in [5, 5.41) is 0. The number of carbonyl (C=O) groups excluding carboxylic acids is 1. The van der Waals surface area contributed by atoms with Crippen LogP contribution in [0.3, 0.4) is 0 Å². The van der Waals surface area contributed by atoms with E-state index in [-0.39, 0.29) is 17.2 Å². The number of hydrogen-bond donors (Lipinski definition) is 0. The molecule has 3 heteroatoms. The summed E-state index contributed by atoms with van der Waals surface area (Å²) in [6.45, 7) is 9.24. The molecule has 2 unspecified atom stereocenters. The molecule has 2 atom stereocenters. The molecule has 0 aliphatic heterocycles. The predicted molar refractivity (Wildman–Crippen MR) is 90.8 cm³/mol. The zero-order chi connectivity index (χ0) is 15.8. The van der Waals surface area contributed by atoms with Gasteiger partial charge in [0.1, 0.15) is 0 Å². The Morgan fingerprint density at radius 2 is 1.86 bits per heavy atom. The molecule has 1 aromatic carbocycles. The second kappa shape index (κ2) is 5.96. The highest BCUT2D eigenvalue weighted by atomic mass is 79.9. The van der Waals surface area contributed by atoms with Crippen LogP contribution in [0.25, 0.3) is 0 Å². The fourth-order valence-electron chi connectivity index (χ4n) is 3.00. The lowest BCUT2D eigenvalue weighted by Gasteiger charge is -2.18. The van der Waals surface area contributed by atoms with Gasteiger partial charge in [0.15, 0.2) is 0 Å². The van der Waals surface area contributed by atoms with Gasteiger partial charge in [-0.2, -0.15) is 0 Å². The second-order valence-corrected chi connectivity index (χ2v) is 7.81. The molecule has 114 valence electrons. The lowest BCUT2D eigenvalue weighted by molar-refractivity contribution is -0.132. The van der Waals surface area contributed by atoms with E-state index in [0.717, 1.165) is 10.0 Å². The molecule has 0 bridgehead atoms. The van der Waals surface area contributed by atoms with E-state index < -0.39 is 0 Å². The van der Waals surface area contributed by atoms with Crippen molar-refractivity contribution in [3.8, 4) is 0 Å². The van der Waals surface area contributed by atoms with Crippen LogP contribution in [-0.2, 0) is 11.3 Å². The zero-order valence-corrected chi connectivity index (χ0v) is 15.1. The van der Waals surface area contributed by atoms with Gasteiger partial charge in [0.25, 0.3) is 0 Å². The number of allylic oxidation sites excluding steroid dienone is 2. The Morgan fingerprint density at radius 3 is 2.38 bits per heavy atom. The van der Waals surface area contributed by atoms with E-state index in [2.05, 4.69) is 61.8 Å². The summed E-state index contributed by atoms with van der Waals surface area (Å²) in [5.41, 5.74) is 2.53. The van der Waals surface area contributed by atoms with Crippen LogP contribution in [0.5, 0.6) is 0 Å². The van der Waals surface area contributed by atoms with Gasteiger partial charge in [-0.05, 0) is 42.9 Å². The van der Waals surface area contributed by atoms with Gasteiger partial charge in [-0.25, -0.2) is 0 Å². The van der Waals surface area contributed by atoms with E-state index >= 15 is 0 Å². The molecule has 0 heterocycles. The number of carbonyl (C=O) groups is 1. The van der Waals surface area contributed by atoms with Crippen molar-refractivity contribution >= 4 is 21.8 Å². The minimum atomic E-state index is 0.0856. The van der Waals surface area contributed by atoms with Gasteiger partial charge in [0.05, 0.1) is 5.92 Å². The second-order valence-electron chi connectivity index (χ2n) is 6.89. The van der Waals surface area contributed by atoms with Crippen molar-refractivity contribution in [2.24, 2.45) is 17.3 Å². The lowest BCUT2D eigenvalue weighted by Crippen LogP contribution is -2.29. The number of amides is 1. The van der Waals surface area contributed by atoms with Crippen LogP contribution in [0, 0.1) is 17.3 Å². The Bertz CT molecular complexity index is 555. The van der Waals surface area contributed by atoms with Gasteiger partial charge in [-0.1, -0.05) is 53.6 Å².